The number of hydrogen-bond donors (Lipinski definition) is 3. The van der Waals surface area contributed by atoms with E-state index in [9.17, 15) is 29.8 Å². The van der Waals surface area contributed by atoms with Crippen LogP contribution in [0.3, 0.4) is 0 Å². The normalized spacial score (nSPS) is 46.9. The molecule has 0 aromatic heterocycles. The highest BCUT2D eigenvalue weighted by Crippen LogP contribution is 2.68. The van der Waals surface area contributed by atoms with Crippen molar-refractivity contribution in [1.82, 2.24) is 5.06 Å². The largest absolute Gasteiger partial charge is 0.461 e. The van der Waals surface area contributed by atoms with Gasteiger partial charge < -0.3 is 14.9 Å². The molecule has 4 fully saturated rings. The molecule has 0 saturated heterocycles. The van der Waals surface area contributed by atoms with Crippen molar-refractivity contribution in [2.45, 2.75) is 109 Å². The standard InChI is InChI=1S/C29H45NO7S/c1-6-27(4)14-22(37-23(33)15-38-21-9-7-8-19(24(21)34)30(36)16-31)28(5)17(2)10-12-29(18(3)26(27)35)13-11-20(32)25(28)29/h6,16-19,21-22,24-26,34-36H,1,7-15H2,2-5H3/t17-,18+,19-,21-,22-,24+,25+,26+,27-,28+,29+/m1/s1. The first-order valence-corrected chi connectivity index (χ1v) is 15.2. The second-order valence-electron chi connectivity index (χ2n) is 12.9. The summed E-state index contributed by atoms with van der Waals surface area (Å²) >= 11 is 1.28. The first-order valence-electron chi connectivity index (χ1n) is 14.1. The molecule has 0 aromatic carbocycles. The summed E-state index contributed by atoms with van der Waals surface area (Å²) in [6, 6.07) is -0.694. The van der Waals surface area contributed by atoms with Crippen molar-refractivity contribution in [3.8, 4) is 0 Å². The van der Waals surface area contributed by atoms with Crippen molar-refractivity contribution in [2.75, 3.05) is 5.75 Å². The van der Waals surface area contributed by atoms with Crippen molar-refractivity contribution >= 4 is 29.9 Å². The molecule has 0 unspecified atom stereocenters. The van der Waals surface area contributed by atoms with Crippen LogP contribution in [0.25, 0.3) is 0 Å². The average molecular weight is 552 g/mol. The van der Waals surface area contributed by atoms with Crippen LogP contribution in [0, 0.1) is 34.0 Å². The number of carbonyl (C=O) groups excluding carboxylic acids is 3. The van der Waals surface area contributed by atoms with E-state index in [1.807, 2.05) is 6.92 Å². The van der Waals surface area contributed by atoms with Crippen LogP contribution in [-0.4, -0.2) is 74.0 Å². The van der Waals surface area contributed by atoms with E-state index in [-0.39, 0.29) is 40.0 Å². The maximum absolute atomic E-state index is 13.5. The summed E-state index contributed by atoms with van der Waals surface area (Å²) in [5.74, 6) is -0.396. The topological polar surface area (TPSA) is 124 Å². The van der Waals surface area contributed by atoms with Crippen molar-refractivity contribution in [3.05, 3.63) is 12.7 Å². The van der Waals surface area contributed by atoms with E-state index in [0.29, 0.717) is 37.2 Å². The van der Waals surface area contributed by atoms with E-state index in [1.54, 1.807) is 6.08 Å². The van der Waals surface area contributed by atoms with Gasteiger partial charge in [-0.3, -0.25) is 19.6 Å². The molecule has 8 nitrogen and oxygen atoms in total. The van der Waals surface area contributed by atoms with Crippen molar-refractivity contribution in [3.63, 3.8) is 0 Å². The lowest BCUT2D eigenvalue weighted by atomic mass is 9.44. The molecule has 4 aliphatic carbocycles. The van der Waals surface area contributed by atoms with Gasteiger partial charge in [0.1, 0.15) is 11.9 Å². The highest BCUT2D eigenvalue weighted by atomic mass is 32.2. The Morgan fingerprint density at radius 3 is 2.58 bits per heavy atom. The fraction of sp³-hybridized carbons (Fsp3) is 0.828. The smallest absolute Gasteiger partial charge is 0.316 e. The number of aliphatic hydroxyl groups excluding tert-OH is 2. The number of ether oxygens (including phenoxy) is 1. The Morgan fingerprint density at radius 1 is 1.21 bits per heavy atom. The van der Waals surface area contributed by atoms with Crippen LogP contribution < -0.4 is 0 Å². The predicted octanol–water partition coefficient (Wildman–Crippen LogP) is 3.76. The summed E-state index contributed by atoms with van der Waals surface area (Å²) in [5.41, 5.74) is -1.58. The van der Waals surface area contributed by atoms with Crippen LogP contribution in [0.5, 0.6) is 0 Å². The van der Waals surface area contributed by atoms with Gasteiger partial charge >= 0.3 is 5.97 Å². The molecule has 2 bridgehead atoms. The highest BCUT2D eigenvalue weighted by molar-refractivity contribution is 8.00. The minimum atomic E-state index is -0.952. The number of hydrogen-bond acceptors (Lipinski definition) is 8. The molecule has 0 aliphatic heterocycles. The Hall–Kier alpha value is -1.42. The molecule has 0 heterocycles. The second-order valence-corrected chi connectivity index (χ2v) is 14.1. The van der Waals surface area contributed by atoms with Crippen molar-refractivity contribution < 1.29 is 34.5 Å². The van der Waals surface area contributed by atoms with Crippen LogP contribution in [-0.2, 0) is 19.1 Å². The lowest BCUT2D eigenvalue weighted by Gasteiger charge is -2.61. The van der Waals surface area contributed by atoms with Gasteiger partial charge in [-0.25, -0.2) is 5.06 Å². The van der Waals surface area contributed by atoms with E-state index in [4.69, 9.17) is 4.74 Å². The lowest BCUT2D eigenvalue weighted by molar-refractivity contribution is -0.205. The van der Waals surface area contributed by atoms with Gasteiger partial charge in [0, 0.05) is 28.4 Å². The maximum Gasteiger partial charge on any atom is 0.316 e. The highest BCUT2D eigenvalue weighted by Gasteiger charge is 2.68. The Balaban J connectivity index is 1.59. The molecule has 0 radical (unpaired) electrons. The van der Waals surface area contributed by atoms with E-state index in [2.05, 4.69) is 27.4 Å². The predicted molar refractivity (Wildman–Crippen MR) is 144 cm³/mol. The summed E-state index contributed by atoms with van der Waals surface area (Å²) in [6.45, 7) is 12.4. The second kappa shape index (κ2) is 10.9. The van der Waals surface area contributed by atoms with Crippen LogP contribution in [0.4, 0.5) is 0 Å². The van der Waals surface area contributed by atoms with Crippen molar-refractivity contribution in [1.29, 1.82) is 0 Å². The lowest BCUT2D eigenvalue weighted by Crippen LogP contribution is -2.63. The number of esters is 1. The number of ketones is 1. The zero-order valence-electron chi connectivity index (χ0n) is 23.2. The Morgan fingerprint density at radius 2 is 1.92 bits per heavy atom. The van der Waals surface area contributed by atoms with Gasteiger partial charge in [-0.05, 0) is 62.2 Å². The number of Topliss-reactive ketones (excluding diaryl/α,β-unsaturated/α-hetero) is 1. The van der Waals surface area contributed by atoms with Gasteiger partial charge in [-0.2, -0.15) is 0 Å². The van der Waals surface area contributed by atoms with Gasteiger partial charge in [-0.1, -0.05) is 33.8 Å². The zero-order valence-corrected chi connectivity index (χ0v) is 24.0. The Bertz CT molecular complexity index is 946. The number of rotatable bonds is 7. The van der Waals surface area contributed by atoms with Crippen LogP contribution in [0.15, 0.2) is 12.7 Å². The van der Waals surface area contributed by atoms with Gasteiger partial charge in [0.05, 0.1) is 24.0 Å². The van der Waals surface area contributed by atoms with Crippen molar-refractivity contribution in [2.24, 2.45) is 34.0 Å². The fourth-order valence-electron chi connectivity index (χ4n) is 8.54. The third-order valence-corrected chi connectivity index (χ3v) is 12.5. The zero-order chi connectivity index (χ0) is 28.0. The maximum atomic E-state index is 13.5. The molecule has 4 aliphatic rings. The molecule has 4 rings (SSSR count). The molecule has 38 heavy (non-hydrogen) atoms. The summed E-state index contributed by atoms with van der Waals surface area (Å²) in [4.78, 5) is 37.8. The third kappa shape index (κ3) is 4.65. The molecular weight excluding hydrogens is 506 g/mol. The number of nitrogens with zero attached hydrogens (tertiary/aromatic N) is 1. The van der Waals surface area contributed by atoms with Crippen LogP contribution >= 0.6 is 11.8 Å². The molecule has 214 valence electrons. The van der Waals surface area contributed by atoms with Gasteiger partial charge in [-0.15, -0.1) is 18.3 Å². The molecule has 3 N–H and O–H groups in total. The molecule has 11 atom stereocenters. The summed E-state index contributed by atoms with van der Waals surface area (Å²) in [5, 5.41) is 32.3. The first-order chi connectivity index (χ1) is 17.9. The fourth-order valence-corrected chi connectivity index (χ4v) is 9.67. The monoisotopic (exact) mass is 551 g/mol. The number of aliphatic hydroxyl groups is 2. The summed E-state index contributed by atoms with van der Waals surface area (Å²) in [6.07, 6.45) is 5.14. The number of thioether (sulfide) groups is 1. The first kappa shape index (κ1) is 29.6. The van der Waals surface area contributed by atoms with Gasteiger partial charge in [0.15, 0.2) is 0 Å². The number of hydroxylamine groups is 2. The number of amides is 1. The average Bonchev–Trinajstić information content (AvgIpc) is 3.26. The van der Waals surface area contributed by atoms with Gasteiger partial charge in [0.25, 0.3) is 0 Å². The molecular formula is C29H45NO7S. The van der Waals surface area contributed by atoms with E-state index >= 15 is 0 Å². The van der Waals surface area contributed by atoms with E-state index in [0.717, 1.165) is 25.7 Å². The molecule has 0 spiro atoms. The van der Waals surface area contributed by atoms with Crippen LogP contribution in [0.1, 0.15) is 79.1 Å². The van der Waals surface area contributed by atoms with Crippen LogP contribution in [0.2, 0.25) is 0 Å². The molecule has 4 saturated carbocycles. The molecule has 9 heteroatoms. The minimum Gasteiger partial charge on any atom is -0.461 e. The minimum absolute atomic E-state index is 0.00937. The van der Waals surface area contributed by atoms with E-state index in [1.165, 1.54) is 11.8 Å². The van der Waals surface area contributed by atoms with E-state index < -0.39 is 41.2 Å². The molecule has 1 amide bonds. The summed E-state index contributed by atoms with van der Waals surface area (Å²) < 4.78 is 6.27. The van der Waals surface area contributed by atoms with Gasteiger partial charge in [0.2, 0.25) is 6.41 Å². The number of carbonyl (C=O) groups is 3. The summed E-state index contributed by atoms with van der Waals surface area (Å²) in [7, 11) is 0. The quantitative estimate of drug-likeness (QED) is 0.144. The Kier molecular flexibility index (Phi) is 8.45. The Labute approximate surface area is 230 Å². The molecule has 0 aromatic rings. The SMILES string of the molecule is C=C[C@]1(C)C[C@@H](OC(=O)CS[C@@H]2CCC[C@@H](N(O)C=O)[C@@H]2O)[C@]2(C)[C@H](C)CC[C@]3(CCC(=O)[C@H]32)[C@@H](C)[C@@H]1O. The third-order valence-electron chi connectivity index (χ3n) is 11.2.